The van der Waals surface area contributed by atoms with Crippen molar-refractivity contribution >= 4 is 27.3 Å². The first-order chi connectivity index (χ1) is 10.9. The van der Waals surface area contributed by atoms with Gasteiger partial charge in [-0.15, -0.1) is 0 Å². The molecule has 128 valence electrons. The van der Waals surface area contributed by atoms with E-state index < -0.39 is 10.0 Å². The zero-order valence-corrected chi connectivity index (χ0v) is 14.8. The monoisotopic (exact) mass is 339 g/mol. The van der Waals surface area contributed by atoms with Crippen molar-refractivity contribution in [1.29, 1.82) is 0 Å². The molecule has 0 aliphatic carbocycles. The molecule has 1 aromatic rings. The smallest absolute Gasteiger partial charge is 0.243 e. The molecule has 0 radical (unpaired) electrons. The van der Waals surface area contributed by atoms with E-state index in [4.69, 9.17) is 0 Å². The van der Waals surface area contributed by atoms with Gasteiger partial charge in [0, 0.05) is 33.1 Å². The molecule has 0 aromatic heterocycles. The van der Waals surface area contributed by atoms with Crippen LogP contribution in [0.25, 0.3) is 0 Å². The fourth-order valence-electron chi connectivity index (χ4n) is 2.91. The van der Waals surface area contributed by atoms with Gasteiger partial charge in [-0.25, -0.2) is 8.42 Å². The standard InChI is InChI=1S/C16H25N3O3S/c1-4-19(5-2)23(21,22)14-8-9-16(18-10-6-7-11-18)15(12-14)17-13(3)20/h8-9,12H,4-7,10-11H2,1-3H3,(H,17,20). The number of sulfonamides is 1. The molecule has 1 saturated heterocycles. The van der Waals surface area contributed by atoms with Crippen molar-refractivity contribution < 1.29 is 13.2 Å². The van der Waals surface area contributed by atoms with Gasteiger partial charge < -0.3 is 10.2 Å². The number of carbonyl (C=O) groups is 1. The highest BCUT2D eigenvalue weighted by Gasteiger charge is 2.24. The van der Waals surface area contributed by atoms with Gasteiger partial charge in [-0.3, -0.25) is 4.79 Å². The third-order valence-corrected chi connectivity index (χ3v) is 6.11. The van der Waals surface area contributed by atoms with Gasteiger partial charge in [0.25, 0.3) is 0 Å². The summed E-state index contributed by atoms with van der Waals surface area (Å²) in [5.74, 6) is -0.206. The maximum atomic E-state index is 12.7. The minimum Gasteiger partial charge on any atom is -0.370 e. The van der Waals surface area contributed by atoms with Crippen LogP contribution in [0.5, 0.6) is 0 Å². The second-order valence-electron chi connectivity index (χ2n) is 5.64. The molecule has 7 heteroatoms. The summed E-state index contributed by atoms with van der Waals surface area (Å²) in [6.07, 6.45) is 2.22. The molecule has 1 aliphatic rings. The third kappa shape index (κ3) is 3.84. The van der Waals surface area contributed by atoms with Crippen molar-refractivity contribution in [2.75, 3.05) is 36.4 Å². The molecule has 23 heavy (non-hydrogen) atoms. The summed E-state index contributed by atoms with van der Waals surface area (Å²) in [6.45, 7) is 7.75. The average molecular weight is 339 g/mol. The Morgan fingerprint density at radius 3 is 2.35 bits per heavy atom. The lowest BCUT2D eigenvalue weighted by molar-refractivity contribution is -0.114. The minimum atomic E-state index is -3.54. The van der Waals surface area contributed by atoms with Crippen LogP contribution in [-0.4, -0.2) is 44.8 Å². The summed E-state index contributed by atoms with van der Waals surface area (Å²) >= 11 is 0. The SMILES string of the molecule is CCN(CC)S(=O)(=O)c1ccc(N2CCCC2)c(NC(C)=O)c1. The lowest BCUT2D eigenvalue weighted by Crippen LogP contribution is -2.30. The molecule has 0 unspecified atom stereocenters. The second kappa shape index (κ2) is 7.31. The molecular weight excluding hydrogens is 314 g/mol. The molecule has 0 saturated carbocycles. The molecule has 2 rings (SSSR count). The van der Waals surface area contributed by atoms with E-state index in [1.54, 1.807) is 18.2 Å². The average Bonchev–Trinajstić information content (AvgIpc) is 3.01. The maximum Gasteiger partial charge on any atom is 0.243 e. The minimum absolute atomic E-state index is 0.206. The molecule has 0 bridgehead atoms. The Morgan fingerprint density at radius 2 is 1.83 bits per heavy atom. The predicted molar refractivity (Wildman–Crippen MR) is 92.3 cm³/mol. The Bertz CT molecular complexity index is 663. The van der Waals surface area contributed by atoms with Crippen LogP contribution in [-0.2, 0) is 14.8 Å². The van der Waals surface area contributed by atoms with Gasteiger partial charge in [-0.1, -0.05) is 13.8 Å². The summed E-state index contributed by atoms with van der Waals surface area (Å²) in [6, 6.07) is 5.00. The Labute approximate surface area is 138 Å². The summed E-state index contributed by atoms with van der Waals surface area (Å²) in [4.78, 5) is 13.9. The van der Waals surface area contributed by atoms with E-state index >= 15 is 0 Å². The first-order valence-electron chi connectivity index (χ1n) is 8.06. The number of nitrogens with one attached hydrogen (secondary N) is 1. The number of benzene rings is 1. The topological polar surface area (TPSA) is 69.7 Å². The molecule has 1 N–H and O–H groups in total. The Hall–Kier alpha value is -1.60. The molecule has 0 atom stereocenters. The van der Waals surface area contributed by atoms with Gasteiger partial charge in [-0.05, 0) is 31.0 Å². The van der Waals surface area contributed by atoms with Crippen LogP contribution in [0.4, 0.5) is 11.4 Å². The fraction of sp³-hybridized carbons (Fsp3) is 0.562. The second-order valence-corrected chi connectivity index (χ2v) is 7.58. The largest absolute Gasteiger partial charge is 0.370 e. The maximum absolute atomic E-state index is 12.7. The van der Waals surface area contributed by atoms with Crippen molar-refractivity contribution in [3.05, 3.63) is 18.2 Å². The summed E-state index contributed by atoms with van der Waals surface area (Å²) in [5.41, 5.74) is 1.45. The van der Waals surface area contributed by atoms with Crippen molar-refractivity contribution in [2.24, 2.45) is 0 Å². The highest BCUT2D eigenvalue weighted by molar-refractivity contribution is 7.89. The van der Waals surface area contributed by atoms with Gasteiger partial charge in [0.2, 0.25) is 15.9 Å². The van der Waals surface area contributed by atoms with Crippen molar-refractivity contribution in [1.82, 2.24) is 4.31 Å². The first-order valence-corrected chi connectivity index (χ1v) is 9.50. The van der Waals surface area contributed by atoms with Gasteiger partial charge in [0.1, 0.15) is 0 Å². The summed E-state index contributed by atoms with van der Waals surface area (Å²) in [5, 5.41) is 2.77. The van der Waals surface area contributed by atoms with Crippen LogP contribution in [0.3, 0.4) is 0 Å². The molecule has 1 heterocycles. The van der Waals surface area contributed by atoms with E-state index in [0.717, 1.165) is 31.6 Å². The zero-order valence-electron chi connectivity index (χ0n) is 14.0. The van der Waals surface area contributed by atoms with E-state index in [-0.39, 0.29) is 10.8 Å². The summed E-state index contributed by atoms with van der Waals surface area (Å²) < 4.78 is 26.7. The normalized spacial score (nSPS) is 15.2. The highest BCUT2D eigenvalue weighted by Crippen LogP contribution is 2.32. The number of amides is 1. The molecule has 1 aliphatic heterocycles. The van der Waals surface area contributed by atoms with E-state index in [0.29, 0.717) is 18.8 Å². The van der Waals surface area contributed by atoms with E-state index in [2.05, 4.69) is 10.2 Å². The van der Waals surface area contributed by atoms with Crippen molar-refractivity contribution in [2.45, 2.75) is 38.5 Å². The lowest BCUT2D eigenvalue weighted by Gasteiger charge is -2.23. The number of anilines is 2. The van der Waals surface area contributed by atoms with Gasteiger partial charge >= 0.3 is 0 Å². The lowest BCUT2D eigenvalue weighted by atomic mass is 10.2. The van der Waals surface area contributed by atoms with Crippen LogP contribution < -0.4 is 10.2 Å². The van der Waals surface area contributed by atoms with Crippen LogP contribution in [0.2, 0.25) is 0 Å². The number of carbonyl (C=O) groups excluding carboxylic acids is 1. The van der Waals surface area contributed by atoms with E-state index in [1.165, 1.54) is 11.2 Å². The Morgan fingerprint density at radius 1 is 1.22 bits per heavy atom. The molecule has 1 fully saturated rings. The molecular formula is C16H25N3O3S. The number of hydrogen-bond acceptors (Lipinski definition) is 4. The number of rotatable bonds is 6. The van der Waals surface area contributed by atoms with E-state index in [1.807, 2.05) is 13.8 Å². The Balaban J connectivity index is 2.45. The molecule has 0 spiro atoms. The quantitative estimate of drug-likeness (QED) is 0.863. The molecule has 1 aromatic carbocycles. The van der Waals surface area contributed by atoms with Crippen LogP contribution >= 0.6 is 0 Å². The molecule has 1 amide bonds. The Kier molecular flexibility index (Phi) is 5.64. The predicted octanol–water partition coefficient (Wildman–Crippen LogP) is 2.28. The van der Waals surface area contributed by atoms with E-state index in [9.17, 15) is 13.2 Å². The number of hydrogen-bond donors (Lipinski definition) is 1. The van der Waals surface area contributed by atoms with Gasteiger partial charge in [-0.2, -0.15) is 4.31 Å². The van der Waals surface area contributed by atoms with Gasteiger partial charge in [0.05, 0.1) is 16.3 Å². The fourth-order valence-corrected chi connectivity index (χ4v) is 4.40. The third-order valence-electron chi connectivity index (χ3n) is 4.07. The van der Waals surface area contributed by atoms with Crippen molar-refractivity contribution in [3.63, 3.8) is 0 Å². The van der Waals surface area contributed by atoms with Crippen LogP contribution in [0.1, 0.15) is 33.6 Å². The zero-order chi connectivity index (χ0) is 17.0. The summed E-state index contributed by atoms with van der Waals surface area (Å²) in [7, 11) is -3.54. The first kappa shape index (κ1) is 17.7. The van der Waals surface area contributed by atoms with Crippen molar-refractivity contribution in [3.8, 4) is 0 Å². The highest BCUT2D eigenvalue weighted by atomic mass is 32.2. The van der Waals surface area contributed by atoms with Gasteiger partial charge in [0.15, 0.2) is 0 Å². The van der Waals surface area contributed by atoms with Crippen LogP contribution in [0, 0.1) is 0 Å². The number of nitrogens with zero attached hydrogens (tertiary/aromatic N) is 2. The van der Waals surface area contributed by atoms with Crippen LogP contribution in [0.15, 0.2) is 23.1 Å². The molecule has 6 nitrogen and oxygen atoms in total.